The second-order valence-corrected chi connectivity index (χ2v) is 6.62. The van der Waals surface area contributed by atoms with Crippen LogP contribution in [-0.2, 0) is 16.1 Å². The first-order valence-electron chi connectivity index (χ1n) is 8.34. The van der Waals surface area contributed by atoms with Crippen LogP contribution in [0.2, 0.25) is 0 Å². The third-order valence-electron chi connectivity index (χ3n) is 5.45. The van der Waals surface area contributed by atoms with Crippen molar-refractivity contribution < 1.29 is 9.63 Å². The summed E-state index contributed by atoms with van der Waals surface area (Å²) in [7, 11) is 3.24. The van der Waals surface area contributed by atoms with Gasteiger partial charge in [0, 0.05) is 36.7 Å². The lowest BCUT2D eigenvalue weighted by atomic mass is 9.86. The normalized spacial score (nSPS) is 24.3. The molecule has 4 rings (SSSR count). The maximum Gasteiger partial charge on any atom is 0.250 e. The molecule has 2 atom stereocenters. The highest BCUT2D eigenvalue weighted by Gasteiger charge is 2.38. The summed E-state index contributed by atoms with van der Waals surface area (Å²) >= 11 is 0. The quantitative estimate of drug-likeness (QED) is 0.867. The summed E-state index contributed by atoms with van der Waals surface area (Å²) in [6.07, 6.45) is 2.99. The van der Waals surface area contributed by atoms with Crippen LogP contribution in [0.5, 0.6) is 0 Å². The molecular weight excluding hydrogens is 290 g/mol. The largest absolute Gasteiger partial charge is 0.357 e. The van der Waals surface area contributed by atoms with Gasteiger partial charge in [0.05, 0.1) is 19.1 Å². The van der Waals surface area contributed by atoms with E-state index in [1.54, 1.807) is 14.2 Å². The molecule has 3 heterocycles. The van der Waals surface area contributed by atoms with Crippen LogP contribution in [0.3, 0.4) is 0 Å². The minimum atomic E-state index is 0.0436. The smallest absolute Gasteiger partial charge is 0.250 e. The number of benzene rings is 1. The Balaban J connectivity index is 1.59. The number of amides is 1. The fourth-order valence-electron chi connectivity index (χ4n) is 4.20. The summed E-state index contributed by atoms with van der Waals surface area (Å²) < 4.78 is 0. The number of nitrogens with one attached hydrogen (secondary N) is 1. The van der Waals surface area contributed by atoms with E-state index in [0.717, 1.165) is 32.4 Å². The Hall–Kier alpha value is -1.85. The van der Waals surface area contributed by atoms with Crippen LogP contribution in [0.4, 0.5) is 0 Å². The van der Waals surface area contributed by atoms with E-state index in [1.165, 1.54) is 27.2 Å². The summed E-state index contributed by atoms with van der Waals surface area (Å²) in [5.74, 6) is 0.135. The summed E-state index contributed by atoms with van der Waals surface area (Å²) in [5, 5.41) is 2.73. The average molecular weight is 313 g/mol. The number of fused-ring (bicyclic) bond motifs is 5. The van der Waals surface area contributed by atoms with Crippen molar-refractivity contribution in [3.8, 4) is 0 Å². The Morgan fingerprint density at radius 2 is 2.17 bits per heavy atom. The standard InChI is InChI=1S/C18H23N3O2/c1-20(23-2)18(22)12-7-8-16-17-14(9-10-21(16)11-12)13-5-3-4-6-15(13)19-17/h3-6,12,16,19H,7-11H2,1-2H3/t12-,16+/m0/s1. The summed E-state index contributed by atoms with van der Waals surface area (Å²) in [6, 6.07) is 8.98. The number of carbonyl (C=O) groups is 1. The van der Waals surface area contributed by atoms with Gasteiger partial charge >= 0.3 is 0 Å². The van der Waals surface area contributed by atoms with Gasteiger partial charge in [0.1, 0.15) is 0 Å². The fraction of sp³-hybridized carbons (Fsp3) is 0.500. The molecule has 0 spiro atoms. The number of hydroxylamine groups is 2. The van der Waals surface area contributed by atoms with Gasteiger partial charge in [-0.15, -0.1) is 0 Å². The van der Waals surface area contributed by atoms with Gasteiger partial charge in [0.15, 0.2) is 0 Å². The molecule has 0 bridgehead atoms. The van der Waals surface area contributed by atoms with E-state index in [1.807, 2.05) is 0 Å². The van der Waals surface area contributed by atoms with Gasteiger partial charge in [-0.05, 0) is 30.9 Å². The van der Waals surface area contributed by atoms with Crippen LogP contribution in [0.25, 0.3) is 10.9 Å². The molecule has 1 amide bonds. The molecule has 1 saturated heterocycles. The maximum absolute atomic E-state index is 12.4. The van der Waals surface area contributed by atoms with Gasteiger partial charge in [-0.2, -0.15) is 0 Å². The van der Waals surface area contributed by atoms with Gasteiger partial charge in [0.2, 0.25) is 5.91 Å². The van der Waals surface area contributed by atoms with Crippen LogP contribution >= 0.6 is 0 Å². The minimum absolute atomic E-state index is 0.0436. The van der Waals surface area contributed by atoms with Crippen LogP contribution in [-0.4, -0.2) is 48.1 Å². The predicted octanol–water partition coefficient (Wildman–Crippen LogP) is 2.50. The molecule has 0 saturated carbocycles. The Morgan fingerprint density at radius 3 is 3.00 bits per heavy atom. The van der Waals surface area contributed by atoms with E-state index in [9.17, 15) is 4.79 Å². The summed E-state index contributed by atoms with van der Waals surface area (Å²) in [5.41, 5.74) is 4.07. The van der Waals surface area contributed by atoms with Crippen molar-refractivity contribution in [1.29, 1.82) is 0 Å². The highest BCUT2D eigenvalue weighted by Crippen LogP contribution is 2.40. The highest BCUT2D eigenvalue weighted by molar-refractivity contribution is 5.85. The molecule has 2 aliphatic rings. The Morgan fingerprint density at radius 1 is 1.35 bits per heavy atom. The lowest BCUT2D eigenvalue weighted by molar-refractivity contribution is -0.175. The molecule has 23 heavy (non-hydrogen) atoms. The molecule has 2 aliphatic heterocycles. The van der Waals surface area contributed by atoms with E-state index >= 15 is 0 Å². The third-order valence-corrected chi connectivity index (χ3v) is 5.45. The first kappa shape index (κ1) is 14.7. The van der Waals surface area contributed by atoms with Crippen molar-refractivity contribution in [2.24, 2.45) is 5.92 Å². The fourth-order valence-corrected chi connectivity index (χ4v) is 4.20. The number of aromatic nitrogens is 1. The van der Waals surface area contributed by atoms with Gasteiger partial charge < -0.3 is 4.98 Å². The van der Waals surface area contributed by atoms with E-state index in [0.29, 0.717) is 6.04 Å². The van der Waals surface area contributed by atoms with E-state index < -0.39 is 0 Å². The van der Waals surface area contributed by atoms with E-state index in [2.05, 4.69) is 34.1 Å². The zero-order valence-corrected chi connectivity index (χ0v) is 13.7. The van der Waals surface area contributed by atoms with Crippen molar-refractivity contribution in [1.82, 2.24) is 14.9 Å². The number of para-hydroxylation sites is 1. The van der Waals surface area contributed by atoms with Crippen LogP contribution in [0.1, 0.15) is 30.1 Å². The van der Waals surface area contributed by atoms with E-state index in [4.69, 9.17) is 4.84 Å². The second kappa shape index (κ2) is 5.65. The maximum atomic E-state index is 12.4. The van der Waals surface area contributed by atoms with Crippen molar-refractivity contribution in [2.45, 2.75) is 25.3 Å². The van der Waals surface area contributed by atoms with Crippen molar-refractivity contribution >= 4 is 16.8 Å². The molecule has 1 fully saturated rings. The van der Waals surface area contributed by atoms with Crippen LogP contribution < -0.4 is 0 Å². The SMILES string of the molecule is CON(C)C(=O)[C@H]1CC[C@@H]2c3[nH]c4ccccc4c3CCN2C1. The lowest BCUT2D eigenvalue weighted by Crippen LogP contribution is -2.47. The Kier molecular flexibility index (Phi) is 3.62. The zero-order chi connectivity index (χ0) is 16.0. The lowest BCUT2D eigenvalue weighted by Gasteiger charge is -2.42. The Bertz CT molecular complexity index is 739. The van der Waals surface area contributed by atoms with Gasteiger partial charge in [-0.1, -0.05) is 18.2 Å². The van der Waals surface area contributed by atoms with Gasteiger partial charge in [0.25, 0.3) is 0 Å². The molecular formula is C18H23N3O2. The van der Waals surface area contributed by atoms with Gasteiger partial charge in [-0.3, -0.25) is 14.5 Å². The highest BCUT2D eigenvalue weighted by atomic mass is 16.7. The summed E-state index contributed by atoms with van der Waals surface area (Å²) in [4.78, 5) is 23.5. The molecule has 0 unspecified atom stereocenters. The van der Waals surface area contributed by atoms with Crippen LogP contribution in [0, 0.1) is 5.92 Å². The molecule has 1 aromatic carbocycles. The molecule has 5 heteroatoms. The second-order valence-electron chi connectivity index (χ2n) is 6.62. The summed E-state index contributed by atoms with van der Waals surface area (Å²) in [6.45, 7) is 1.85. The topological polar surface area (TPSA) is 48.6 Å². The van der Waals surface area contributed by atoms with Crippen LogP contribution in [0.15, 0.2) is 24.3 Å². The average Bonchev–Trinajstić information content (AvgIpc) is 2.99. The molecule has 5 nitrogen and oxygen atoms in total. The molecule has 122 valence electrons. The number of H-pyrrole nitrogens is 1. The number of carbonyl (C=O) groups excluding carboxylic acids is 1. The number of nitrogens with zero attached hydrogens (tertiary/aromatic N) is 2. The molecule has 2 aromatic rings. The molecule has 1 N–H and O–H groups in total. The molecule has 0 radical (unpaired) electrons. The monoisotopic (exact) mass is 313 g/mol. The molecule has 1 aromatic heterocycles. The predicted molar refractivity (Wildman–Crippen MR) is 88.8 cm³/mol. The zero-order valence-electron chi connectivity index (χ0n) is 13.7. The number of rotatable bonds is 2. The number of hydrogen-bond donors (Lipinski definition) is 1. The van der Waals surface area contributed by atoms with Gasteiger partial charge in [-0.25, -0.2) is 5.06 Å². The third kappa shape index (κ3) is 2.35. The van der Waals surface area contributed by atoms with Crippen molar-refractivity contribution in [3.63, 3.8) is 0 Å². The Labute approximate surface area is 136 Å². The number of piperidine rings is 1. The van der Waals surface area contributed by atoms with E-state index in [-0.39, 0.29) is 11.8 Å². The van der Waals surface area contributed by atoms with Crippen molar-refractivity contribution in [2.75, 3.05) is 27.2 Å². The number of hydrogen-bond acceptors (Lipinski definition) is 3. The number of aromatic amines is 1. The minimum Gasteiger partial charge on any atom is -0.357 e. The first-order valence-corrected chi connectivity index (χ1v) is 8.34. The van der Waals surface area contributed by atoms with Crippen molar-refractivity contribution in [3.05, 3.63) is 35.5 Å². The first-order chi connectivity index (χ1) is 11.2. The molecule has 0 aliphatic carbocycles.